The molecule has 4 heterocycles. The molecule has 1 amide bonds. The number of thioether (sulfide) groups is 1. The van der Waals surface area contributed by atoms with Crippen molar-refractivity contribution in [2.45, 2.75) is 81.8 Å². The fraction of sp³-hybridized carbons (Fsp3) is 0.677. The number of halogens is 3. The van der Waals surface area contributed by atoms with E-state index in [1.807, 2.05) is 0 Å². The van der Waals surface area contributed by atoms with Crippen LogP contribution < -0.4 is 5.32 Å². The lowest BCUT2D eigenvalue weighted by molar-refractivity contribution is -0.139. The molecule has 2 aromatic rings. The van der Waals surface area contributed by atoms with Crippen molar-refractivity contribution in [2.24, 2.45) is 0 Å². The van der Waals surface area contributed by atoms with Crippen molar-refractivity contribution in [1.82, 2.24) is 29.2 Å². The molecule has 0 saturated carbocycles. The van der Waals surface area contributed by atoms with E-state index in [4.69, 9.17) is 5.10 Å². The van der Waals surface area contributed by atoms with Gasteiger partial charge in [0, 0.05) is 86.1 Å². The van der Waals surface area contributed by atoms with Crippen LogP contribution in [0.4, 0.5) is 13.2 Å². The Kier molecular flexibility index (Phi) is 11.4. The molecule has 46 heavy (non-hydrogen) atoms. The summed E-state index contributed by atoms with van der Waals surface area (Å²) in [4.78, 5) is 15.9. The molecule has 3 aliphatic heterocycles. The van der Waals surface area contributed by atoms with Gasteiger partial charge in [-0.05, 0) is 50.9 Å². The molecule has 1 aromatic heterocycles. The van der Waals surface area contributed by atoms with Crippen molar-refractivity contribution in [3.63, 3.8) is 0 Å². The van der Waals surface area contributed by atoms with Gasteiger partial charge in [0.15, 0.2) is 0 Å². The first-order valence-corrected chi connectivity index (χ1v) is 18.9. The van der Waals surface area contributed by atoms with Crippen molar-refractivity contribution in [2.75, 3.05) is 57.8 Å². The van der Waals surface area contributed by atoms with Gasteiger partial charge in [-0.2, -0.15) is 22.6 Å². The van der Waals surface area contributed by atoms with Gasteiger partial charge in [0.25, 0.3) is 0 Å². The number of amides is 1. The average Bonchev–Trinajstić information content (AvgIpc) is 3.34. The smallest absolute Gasteiger partial charge is 0.390 e. The number of alkyl halides is 3. The van der Waals surface area contributed by atoms with Crippen LogP contribution in [0.5, 0.6) is 0 Å². The van der Waals surface area contributed by atoms with E-state index in [1.165, 1.54) is 29.8 Å². The number of fused-ring (bicyclic) bond motifs is 1. The van der Waals surface area contributed by atoms with E-state index in [1.54, 1.807) is 4.68 Å². The number of carbonyl (C=O) groups excluding carboxylic acids is 1. The molecular formula is C31H45F3N6O4S2. The number of nitrogens with one attached hydrogen (secondary N) is 1. The van der Waals surface area contributed by atoms with Gasteiger partial charge >= 0.3 is 6.18 Å². The number of nitrogens with zero attached hydrogens (tertiary/aromatic N) is 5. The maximum Gasteiger partial charge on any atom is 0.417 e. The summed E-state index contributed by atoms with van der Waals surface area (Å²) in [5.41, 5.74) is 1.70. The Balaban J connectivity index is 1.37. The molecule has 0 radical (unpaired) electrons. The number of likely N-dealkylation sites (tertiary alicyclic amines) is 2. The average molecular weight is 687 g/mol. The van der Waals surface area contributed by atoms with Crippen LogP contribution >= 0.6 is 11.8 Å². The minimum absolute atomic E-state index is 0.0580. The van der Waals surface area contributed by atoms with E-state index < -0.39 is 27.9 Å². The molecule has 1 aromatic carbocycles. The van der Waals surface area contributed by atoms with Crippen LogP contribution in [-0.4, -0.2) is 113 Å². The minimum Gasteiger partial charge on any atom is -0.390 e. The monoisotopic (exact) mass is 686 g/mol. The Hall–Kier alpha value is -2.17. The zero-order valence-corrected chi connectivity index (χ0v) is 28.2. The summed E-state index contributed by atoms with van der Waals surface area (Å²) in [5.74, 6) is 0.395. The number of hydrogen-bond acceptors (Lipinski definition) is 8. The number of sulfonamides is 1. The highest BCUT2D eigenvalue weighted by Gasteiger charge is 2.35. The largest absolute Gasteiger partial charge is 0.417 e. The third-order valence-electron chi connectivity index (χ3n) is 9.09. The third kappa shape index (κ3) is 9.04. The van der Waals surface area contributed by atoms with E-state index in [0.717, 1.165) is 81.6 Å². The standard InChI is InChI=1S/C31H45F3N6O4S2/c1-22(41)35-24-8-13-37(14-9-24)16-17-45-29-18-23(6-7-27(29)31(32,33)34)30-26-21-39(46(2,43)44)15-10-28(26)40(36-30)20-25(42)19-38-11-4-3-5-12-38/h6-7,18,24-25,42H,3-5,8-17,19-21H2,1-2H3,(H,35,41)/t25-/m0/s1. The molecule has 0 spiro atoms. The van der Waals surface area contributed by atoms with Crippen LogP contribution in [0.1, 0.15) is 55.8 Å². The van der Waals surface area contributed by atoms with Crippen LogP contribution in [0.15, 0.2) is 23.1 Å². The minimum atomic E-state index is -4.54. The van der Waals surface area contributed by atoms with E-state index in [-0.39, 0.29) is 36.5 Å². The van der Waals surface area contributed by atoms with Crippen molar-refractivity contribution >= 4 is 27.7 Å². The zero-order chi connectivity index (χ0) is 33.1. The molecule has 0 unspecified atom stereocenters. The second-order valence-corrected chi connectivity index (χ2v) is 15.8. The van der Waals surface area contributed by atoms with Crippen molar-refractivity contribution in [1.29, 1.82) is 0 Å². The predicted molar refractivity (Wildman–Crippen MR) is 172 cm³/mol. The fourth-order valence-electron chi connectivity index (χ4n) is 6.73. The number of rotatable bonds is 11. The first kappa shape index (κ1) is 35.1. The highest BCUT2D eigenvalue weighted by Crippen LogP contribution is 2.40. The summed E-state index contributed by atoms with van der Waals surface area (Å²) < 4.78 is 70.4. The molecule has 2 N–H and O–H groups in total. The summed E-state index contributed by atoms with van der Waals surface area (Å²) in [6.45, 7) is 6.58. The number of benzene rings is 1. The van der Waals surface area contributed by atoms with Gasteiger partial charge in [-0.3, -0.25) is 9.48 Å². The number of piperidine rings is 2. The lowest BCUT2D eigenvalue weighted by Crippen LogP contribution is -2.44. The molecule has 15 heteroatoms. The first-order valence-electron chi connectivity index (χ1n) is 16.1. The number of aromatic nitrogens is 2. The quantitative estimate of drug-likeness (QED) is 0.347. The Morgan fingerprint density at radius 2 is 1.80 bits per heavy atom. The summed E-state index contributed by atoms with van der Waals surface area (Å²) in [6, 6.07) is 4.15. The summed E-state index contributed by atoms with van der Waals surface area (Å²) >= 11 is 1.15. The second kappa shape index (κ2) is 14.9. The van der Waals surface area contributed by atoms with Gasteiger partial charge < -0.3 is 20.2 Å². The third-order valence-corrected chi connectivity index (χ3v) is 11.4. The first-order chi connectivity index (χ1) is 21.8. The highest BCUT2D eigenvalue weighted by atomic mass is 32.2. The molecule has 0 aliphatic carbocycles. The van der Waals surface area contributed by atoms with E-state index in [2.05, 4.69) is 15.1 Å². The maximum atomic E-state index is 14.1. The molecule has 2 saturated heterocycles. The SMILES string of the molecule is CC(=O)NC1CCN(CCSc2cc(-c3nn(C[C@@H](O)CN4CCCCC4)c4c3CN(S(C)(=O)=O)CC4)ccc2C(F)(F)F)CC1. The Labute approximate surface area is 273 Å². The van der Waals surface area contributed by atoms with Gasteiger partial charge in [0.05, 0.1) is 30.2 Å². The topological polar surface area (TPSA) is 111 Å². The molecule has 256 valence electrons. The second-order valence-electron chi connectivity index (χ2n) is 12.7. The predicted octanol–water partition coefficient (Wildman–Crippen LogP) is 3.43. The van der Waals surface area contributed by atoms with Crippen LogP contribution in [0, 0.1) is 0 Å². The van der Waals surface area contributed by atoms with Crippen LogP contribution in [-0.2, 0) is 40.5 Å². The van der Waals surface area contributed by atoms with Gasteiger partial charge in [-0.25, -0.2) is 8.42 Å². The Morgan fingerprint density at radius 3 is 2.46 bits per heavy atom. The lowest BCUT2D eigenvalue weighted by atomic mass is 10.0. The number of hydrogen-bond donors (Lipinski definition) is 2. The van der Waals surface area contributed by atoms with Gasteiger partial charge in [-0.15, -0.1) is 11.8 Å². The Bertz CT molecular complexity index is 1470. The molecule has 10 nitrogen and oxygen atoms in total. The normalized spacial score (nSPS) is 20.0. The van der Waals surface area contributed by atoms with Crippen LogP contribution in [0.25, 0.3) is 11.3 Å². The lowest BCUT2D eigenvalue weighted by Gasteiger charge is -2.32. The molecule has 3 aliphatic rings. The van der Waals surface area contributed by atoms with Crippen molar-refractivity contribution in [3.05, 3.63) is 35.0 Å². The van der Waals surface area contributed by atoms with E-state index in [9.17, 15) is 31.5 Å². The molecule has 2 fully saturated rings. The summed E-state index contributed by atoms with van der Waals surface area (Å²) in [7, 11) is -3.51. The summed E-state index contributed by atoms with van der Waals surface area (Å²) in [6.07, 6.45) is 1.31. The molecule has 0 bridgehead atoms. The number of aliphatic hydroxyl groups is 1. The number of aliphatic hydroxyl groups excluding tert-OH is 1. The van der Waals surface area contributed by atoms with Crippen LogP contribution in [0.2, 0.25) is 0 Å². The van der Waals surface area contributed by atoms with Crippen LogP contribution in [0.3, 0.4) is 0 Å². The van der Waals surface area contributed by atoms with Crippen molar-refractivity contribution in [3.8, 4) is 11.3 Å². The molecule has 1 atom stereocenters. The van der Waals surface area contributed by atoms with Gasteiger partial charge in [-0.1, -0.05) is 12.5 Å². The fourth-order valence-corrected chi connectivity index (χ4v) is 8.63. The molecular weight excluding hydrogens is 642 g/mol. The van der Waals surface area contributed by atoms with E-state index >= 15 is 0 Å². The summed E-state index contributed by atoms with van der Waals surface area (Å²) in [5, 5.41) is 18.7. The van der Waals surface area contributed by atoms with Crippen molar-refractivity contribution < 1.29 is 31.5 Å². The van der Waals surface area contributed by atoms with E-state index in [0.29, 0.717) is 42.1 Å². The number of carbonyl (C=O) groups is 1. The Morgan fingerprint density at radius 1 is 1.09 bits per heavy atom. The maximum absolute atomic E-state index is 14.1. The highest BCUT2D eigenvalue weighted by molar-refractivity contribution is 7.99. The number of β-amino-alcohol motifs (C(OH)–C–C–N with tert-alkyl or cyclic N) is 1. The van der Waals surface area contributed by atoms with Gasteiger partial charge in [0.2, 0.25) is 15.9 Å². The molecule has 5 rings (SSSR count). The zero-order valence-electron chi connectivity index (χ0n) is 26.6. The van der Waals surface area contributed by atoms with Gasteiger partial charge in [0.1, 0.15) is 0 Å².